The van der Waals surface area contributed by atoms with Crippen molar-refractivity contribution in [2.75, 3.05) is 21.0 Å². The highest BCUT2D eigenvalue weighted by molar-refractivity contribution is 5.86. The summed E-state index contributed by atoms with van der Waals surface area (Å²) in [6.45, 7) is 2.08. The number of methoxy groups -OCH3 is 2. The molecule has 0 N–H and O–H groups in total. The second kappa shape index (κ2) is 5.81. The van der Waals surface area contributed by atoms with E-state index in [0.717, 1.165) is 22.2 Å². The lowest BCUT2D eigenvalue weighted by atomic mass is 10.0. The number of pyridine rings is 1. The van der Waals surface area contributed by atoms with E-state index in [1.165, 1.54) is 13.2 Å². The molecule has 0 bridgehead atoms. The third-order valence-electron chi connectivity index (χ3n) is 4.24. The second-order valence-corrected chi connectivity index (χ2v) is 5.74. The van der Waals surface area contributed by atoms with Gasteiger partial charge in [-0.2, -0.15) is 0 Å². The zero-order valence-electron chi connectivity index (χ0n) is 14.1. The highest BCUT2D eigenvalue weighted by Gasteiger charge is 2.21. The van der Waals surface area contributed by atoms with Crippen LogP contribution in [-0.2, 0) is 0 Å². The Morgan fingerprint density at radius 2 is 1.80 bits per heavy atom. The molecule has 0 saturated heterocycles. The number of ether oxygens (including phenoxy) is 4. The van der Waals surface area contributed by atoms with Gasteiger partial charge in [0.05, 0.1) is 25.4 Å². The summed E-state index contributed by atoms with van der Waals surface area (Å²) < 4.78 is 35.3. The first-order valence-corrected chi connectivity index (χ1v) is 7.73. The summed E-state index contributed by atoms with van der Waals surface area (Å²) in [4.78, 5) is 4.66. The molecule has 6 heteroatoms. The fourth-order valence-electron chi connectivity index (χ4n) is 2.98. The van der Waals surface area contributed by atoms with E-state index in [2.05, 4.69) is 4.98 Å². The lowest BCUT2D eigenvalue weighted by molar-refractivity contribution is 0.171. The Balaban J connectivity index is 1.91. The number of halogens is 1. The van der Waals surface area contributed by atoms with E-state index in [1.54, 1.807) is 13.2 Å². The van der Waals surface area contributed by atoms with Crippen molar-refractivity contribution in [3.8, 4) is 34.3 Å². The van der Waals surface area contributed by atoms with Gasteiger partial charge >= 0.3 is 0 Å². The van der Waals surface area contributed by atoms with Crippen molar-refractivity contribution < 1.29 is 23.3 Å². The third-order valence-corrected chi connectivity index (χ3v) is 4.24. The molecule has 2 aromatic carbocycles. The Bertz CT molecular complexity index is 987. The molecule has 0 fully saturated rings. The number of rotatable bonds is 3. The number of hydrogen-bond acceptors (Lipinski definition) is 5. The van der Waals surface area contributed by atoms with Gasteiger partial charge in [0.25, 0.3) is 0 Å². The monoisotopic (exact) mass is 341 g/mol. The van der Waals surface area contributed by atoms with E-state index in [9.17, 15) is 4.39 Å². The summed E-state index contributed by atoms with van der Waals surface area (Å²) in [5.74, 6) is 1.55. The highest BCUT2D eigenvalue weighted by Crippen LogP contribution is 2.44. The number of benzene rings is 2. The summed E-state index contributed by atoms with van der Waals surface area (Å²) >= 11 is 0. The zero-order valence-corrected chi connectivity index (χ0v) is 14.1. The average molecular weight is 341 g/mol. The predicted molar refractivity (Wildman–Crippen MR) is 91.1 cm³/mol. The molecule has 4 rings (SSSR count). The molecule has 0 saturated carbocycles. The summed E-state index contributed by atoms with van der Waals surface area (Å²) in [5, 5.41) is 0.745. The molecular formula is C19H16FNO4. The quantitative estimate of drug-likeness (QED) is 0.718. The molecule has 1 aromatic heterocycles. The van der Waals surface area contributed by atoms with Gasteiger partial charge in [0.1, 0.15) is 0 Å². The van der Waals surface area contributed by atoms with E-state index < -0.39 is 5.82 Å². The SMILES string of the molecule is COc1cc2nc(-c3cc(OC)c4c(c3)OCO4)cc(C)c2cc1F. The summed E-state index contributed by atoms with van der Waals surface area (Å²) in [6.07, 6.45) is 0. The minimum atomic E-state index is -0.405. The molecule has 128 valence electrons. The van der Waals surface area contributed by atoms with Gasteiger partial charge in [-0.1, -0.05) is 0 Å². The molecule has 5 nitrogen and oxygen atoms in total. The molecule has 1 aliphatic rings. The second-order valence-electron chi connectivity index (χ2n) is 5.74. The number of aromatic nitrogens is 1. The molecule has 0 aliphatic carbocycles. The van der Waals surface area contributed by atoms with Crippen molar-refractivity contribution in [3.63, 3.8) is 0 Å². The number of fused-ring (bicyclic) bond motifs is 2. The molecule has 0 spiro atoms. The van der Waals surface area contributed by atoms with E-state index in [-0.39, 0.29) is 12.5 Å². The van der Waals surface area contributed by atoms with E-state index >= 15 is 0 Å². The van der Waals surface area contributed by atoms with Crippen LogP contribution in [0.25, 0.3) is 22.2 Å². The van der Waals surface area contributed by atoms with Crippen LogP contribution in [-0.4, -0.2) is 26.0 Å². The van der Waals surface area contributed by atoms with Crippen LogP contribution in [0.15, 0.2) is 30.3 Å². The Morgan fingerprint density at radius 1 is 1.00 bits per heavy atom. The van der Waals surface area contributed by atoms with Crippen molar-refractivity contribution in [1.82, 2.24) is 4.98 Å². The smallest absolute Gasteiger partial charge is 0.231 e. The van der Waals surface area contributed by atoms with Crippen LogP contribution in [0.5, 0.6) is 23.0 Å². The van der Waals surface area contributed by atoms with E-state index in [0.29, 0.717) is 22.8 Å². The highest BCUT2D eigenvalue weighted by atomic mass is 19.1. The van der Waals surface area contributed by atoms with Crippen molar-refractivity contribution >= 4 is 10.9 Å². The number of aryl methyl sites for hydroxylation is 1. The minimum Gasteiger partial charge on any atom is -0.494 e. The fourth-order valence-corrected chi connectivity index (χ4v) is 2.98. The van der Waals surface area contributed by atoms with Gasteiger partial charge < -0.3 is 18.9 Å². The maximum absolute atomic E-state index is 14.0. The molecule has 3 aromatic rings. The maximum Gasteiger partial charge on any atom is 0.231 e. The van der Waals surface area contributed by atoms with E-state index in [4.69, 9.17) is 18.9 Å². The first-order chi connectivity index (χ1) is 12.1. The molecule has 0 unspecified atom stereocenters. The molecule has 2 heterocycles. The molecule has 0 amide bonds. The minimum absolute atomic E-state index is 0.162. The van der Waals surface area contributed by atoms with Gasteiger partial charge in [0, 0.05) is 17.0 Å². The molecule has 25 heavy (non-hydrogen) atoms. The standard InChI is InChI=1S/C19H16FNO4/c1-10-4-14(21-15-8-16(22-2)13(20)7-12(10)15)11-5-17(23-3)19-18(6-11)24-9-25-19/h4-8H,9H2,1-3H3. The summed E-state index contributed by atoms with van der Waals surface area (Å²) in [6, 6.07) is 8.66. The fraction of sp³-hybridized carbons (Fsp3) is 0.211. The zero-order chi connectivity index (χ0) is 17.6. The van der Waals surface area contributed by atoms with Crippen LogP contribution >= 0.6 is 0 Å². The van der Waals surface area contributed by atoms with Gasteiger partial charge in [-0.25, -0.2) is 9.37 Å². The molecule has 0 atom stereocenters. The van der Waals surface area contributed by atoms with Crippen LogP contribution in [0.3, 0.4) is 0 Å². The first kappa shape index (κ1) is 15.5. The van der Waals surface area contributed by atoms with Crippen molar-refractivity contribution in [3.05, 3.63) is 41.7 Å². The number of hydrogen-bond donors (Lipinski definition) is 0. The van der Waals surface area contributed by atoms with Crippen LogP contribution in [0.1, 0.15) is 5.56 Å². The van der Waals surface area contributed by atoms with Crippen LogP contribution < -0.4 is 18.9 Å². The van der Waals surface area contributed by atoms with Crippen molar-refractivity contribution in [2.24, 2.45) is 0 Å². The largest absolute Gasteiger partial charge is 0.494 e. The Morgan fingerprint density at radius 3 is 2.56 bits per heavy atom. The third kappa shape index (κ3) is 2.50. The van der Waals surface area contributed by atoms with Gasteiger partial charge in [-0.15, -0.1) is 0 Å². The van der Waals surface area contributed by atoms with Crippen LogP contribution in [0.2, 0.25) is 0 Å². The van der Waals surface area contributed by atoms with E-state index in [1.807, 2.05) is 25.1 Å². The first-order valence-electron chi connectivity index (χ1n) is 7.73. The van der Waals surface area contributed by atoms with Crippen molar-refractivity contribution in [2.45, 2.75) is 6.92 Å². The Labute approximate surface area is 143 Å². The van der Waals surface area contributed by atoms with Gasteiger partial charge in [-0.3, -0.25) is 0 Å². The summed E-state index contributed by atoms with van der Waals surface area (Å²) in [7, 11) is 3.01. The predicted octanol–water partition coefficient (Wildman–Crippen LogP) is 4.10. The van der Waals surface area contributed by atoms with Gasteiger partial charge in [0.2, 0.25) is 12.5 Å². The maximum atomic E-state index is 14.0. The summed E-state index contributed by atoms with van der Waals surface area (Å²) in [5.41, 5.74) is 3.13. The lowest BCUT2D eigenvalue weighted by Crippen LogP contribution is -1.94. The topological polar surface area (TPSA) is 49.8 Å². The van der Waals surface area contributed by atoms with Crippen LogP contribution in [0, 0.1) is 12.7 Å². The lowest BCUT2D eigenvalue weighted by Gasteiger charge is -2.11. The van der Waals surface area contributed by atoms with Crippen LogP contribution in [0.4, 0.5) is 4.39 Å². The molecule has 0 radical (unpaired) electrons. The molecular weight excluding hydrogens is 325 g/mol. The Kier molecular flexibility index (Phi) is 3.60. The molecule has 1 aliphatic heterocycles. The normalized spacial score (nSPS) is 12.5. The van der Waals surface area contributed by atoms with Crippen molar-refractivity contribution in [1.29, 1.82) is 0 Å². The van der Waals surface area contributed by atoms with Gasteiger partial charge in [-0.05, 0) is 36.8 Å². The van der Waals surface area contributed by atoms with Gasteiger partial charge in [0.15, 0.2) is 23.1 Å². The Hall–Kier alpha value is -3.02. The average Bonchev–Trinajstić information content (AvgIpc) is 3.09. The number of nitrogens with zero attached hydrogens (tertiary/aromatic N) is 1.